The molecule has 3 rings (SSSR count). The van der Waals surface area contributed by atoms with Crippen molar-refractivity contribution < 1.29 is 14.3 Å². The van der Waals surface area contributed by atoms with Crippen LogP contribution in [0, 0.1) is 0 Å². The van der Waals surface area contributed by atoms with Gasteiger partial charge in [0.05, 0.1) is 12.7 Å². The molecule has 0 fully saturated rings. The van der Waals surface area contributed by atoms with E-state index in [0.29, 0.717) is 23.2 Å². The summed E-state index contributed by atoms with van der Waals surface area (Å²) in [7, 11) is 1.34. The van der Waals surface area contributed by atoms with E-state index in [1.165, 1.54) is 12.7 Å². The van der Waals surface area contributed by atoms with E-state index in [1.807, 2.05) is 56.3 Å². The van der Waals surface area contributed by atoms with E-state index >= 15 is 0 Å². The second-order valence-corrected chi connectivity index (χ2v) is 7.54. The van der Waals surface area contributed by atoms with Gasteiger partial charge >= 0.3 is 5.97 Å². The quantitative estimate of drug-likeness (QED) is 0.268. The fourth-order valence-electron chi connectivity index (χ4n) is 3.53. The van der Waals surface area contributed by atoms with Gasteiger partial charge in [0.1, 0.15) is 0 Å². The van der Waals surface area contributed by atoms with Crippen molar-refractivity contribution in [2.75, 3.05) is 12.4 Å². The number of allylic oxidation sites excluding steroid dienone is 4. The smallest absolute Gasteiger partial charge is 0.337 e. The van der Waals surface area contributed by atoms with Gasteiger partial charge in [-0.2, -0.15) is 0 Å². The van der Waals surface area contributed by atoms with E-state index in [4.69, 9.17) is 4.74 Å². The molecule has 3 aromatic rings. The first-order valence-corrected chi connectivity index (χ1v) is 11.6. The summed E-state index contributed by atoms with van der Waals surface area (Å²) in [4.78, 5) is 25.1. The molecule has 0 atom stereocenters. The second kappa shape index (κ2) is 14.2. The number of anilines is 1. The summed E-state index contributed by atoms with van der Waals surface area (Å²) < 4.78 is 4.85. The summed E-state index contributed by atoms with van der Waals surface area (Å²) in [5.74, 6) is -0.652. The first-order chi connectivity index (χ1) is 17.0. The van der Waals surface area contributed by atoms with Crippen molar-refractivity contribution in [3.63, 3.8) is 0 Å². The topological polar surface area (TPSA) is 55.4 Å². The maximum atomic E-state index is 13.1. The molecular weight excluding hydrogens is 434 g/mol. The summed E-state index contributed by atoms with van der Waals surface area (Å²) in [5.41, 5.74) is 5.53. The van der Waals surface area contributed by atoms with Crippen LogP contribution in [0.4, 0.5) is 5.69 Å². The zero-order valence-electron chi connectivity index (χ0n) is 20.7. The summed E-state index contributed by atoms with van der Waals surface area (Å²) in [6.45, 7) is 11.6. The number of carbonyl (C=O) groups excluding carboxylic acids is 2. The molecule has 0 radical (unpaired) electrons. The van der Waals surface area contributed by atoms with Crippen molar-refractivity contribution >= 4 is 17.6 Å². The fraction of sp³-hybridized carbons (Fsp3) is 0.161. The Morgan fingerprint density at radius 1 is 0.886 bits per heavy atom. The highest BCUT2D eigenvalue weighted by atomic mass is 16.5. The molecule has 0 heterocycles. The van der Waals surface area contributed by atoms with Crippen molar-refractivity contribution in [1.29, 1.82) is 0 Å². The zero-order chi connectivity index (χ0) is 25.6. The van der Waals surface area contributed by atoms with Crippen molar-refractivity contribution in [2.45, 2.75) is 26.7 Å². The lowest BCUT2D eigenvalue weighted by Crippen LogP contribution is -2.14. The molecule has 0 aliphatic rings. The average molecular weight is 468 g/mol. The number of benzene rings is 3. The zero-order valence-corrected chi connectivity index (χ0v) is 20.7. The third kappa shape index (κ3) is 7.97. The van der Waals surface area contributed by atoms with Crippen LogP contribution in [0.3, 0.4) is 0 Å². The van der Waals surface area contributed by atoms with E-state index in [1.54, 1.807) is 36.4 Å². The van der Waals surface area contributed by atoms with Crippen LogP contribution < -0.4 is 5.32 Å². The van der Waals surface area contributed by atoms with Crippen LogP contribution in [-0.2, 0) is 17.6 Å². The minimum Gasteiger partial charge on any atom is -0.465 e. The number of hydrogen-bond acceptors (Lipinski definition) is 3. The maximum absolute atomic E-state index is 13.1. The largest absolute Gasteiger partial charge is 0.465 e. The first-order valence-electron chi connectivity index (χ1n) is 11.6. The van der Waals surface area contributed by atoms with Crippen LogP contribution in [0.25, 0.3) is 0 Å². The van der Waals surface area contributed by atoms with Gasteiger partial charge in [-0.3, -0.25) is 4.79 Å². The minimum atomic E-state index is -0.435. The van der Waals surface area contributed by atoms with E-state index < -0.39 is 5.97 Å². The highest BCUT2D eigenvalue weighted by Crippen LogP contribution is 2.23. The molecule has 0 bridgehead atoms. The molecule has 4 nitrogen and oxygen atoms in total. The molecule has 0 saturated heterocycles. The molecule has 0 unspecified atom stereocenters. The predicted octanol–water partition coefficient (Wildman–Crippen LogP) is 7.18. The number of amides is 1. The number of ether oxygens (including phenoxy) is 1. The molecule has 0 aromatic heterocycles. The SMILES string of the molecule is C=C/C=C(\C=C)Cc1cc(C(=O)OC)ccc1NC(=O)c1cccc(Cc2ccccc2)c1.CC. The lowest BCUT2D eigenvalue weighted by Gasteiger charge is -2.14. The van der Waals surface area contributed by atoms with Crippen LogP contribution in [0.5, 0.6) is 0 Å². The number of esters is 1. The van der Waals surface area contributed by atoms with E-state index in [2.05, 4.69) is 30.6 Å². The number of rotatable bonds is 9. The van der Waals surface area contributed by atoms with E-state index in [9.17, 15) is 9.59 Å². The van der Waals surface area contributed by atoms with Crippen molar-refractivity contribution in [3.8, 4) is 0 Å². The van der Waals surface area contributed by atoms with E-state index in [-0.39, 0.29) is 5.91 Å². The molecule has 180 valence electrons. The highest BCUT2D eigenvalue weighted by molar-refractivity contribution is 6.05. The second-order valence-electron chi connectivity index (χ2n) is 7.54. The summed E-state index contributed by atoms with van der Waals surface area (Å²) in [5, 5.41) is 3.00. The Hall–Kier alpha value is -4.18. The van der Waals surface area contributed by atoms with Gasteiger partial charge in [-0.15, -0.1) is 0 Å². The Bertz CT molecular complexity index is 1190. The minimum absolute atomic E-state index is 0.218. The highest BCUT2D eigenvalue weighted by Gasteiger charge is 2.14. The Kier molecular flexibility index (Phi) is 11.0. The summed E-state index contributed by atoms with van der Waals surface area (Å²) in [6, 6.07) is 22.8. The third-order valence-corrected chi connectivity index (χ3v) is 5.20. The predicted molar refractivity (Wildman–Crippen MR) is 145 cm³/mol. The molecule has 0 saturated carbocycles. The molecular formula is C31H33NO3. The lowest BCUT2D eigenvalue weighted by molar-refractivity contribution is 0.0600. The van der Waals surface area contributed by atoms with Gasteiger partial charge in [0, 0.05) is 11.3 Å². The molecule has 1 amide bonds. The monoisotopic (exact) mass is 467 g/mol. The standard InChI is InChI=1S/C29H27NO3.C2H6/c1-4-10-21(5-2)18-26-20-25(29(32)33-3)15-16-27(26)30-28(31)24-14-9-13-23(19-24)17-22-11-7-6-8-12-22;1-2/h4-16,19-20H,1-2,17-18H2,3H3,(H,30,31);1-2H3/b21-10+;. The number of carbonyl (C=O) groups is 2. The Balaban J connectivity index is 0.00000210. The fourth-order valence-corrected chi connectivity index (χ4v) is 3.53. The molecule has 0 spiro atoms. The average Bonchev–Trinajstić information content (AvgIpc) is 2.90. The number of methoxy groups -OCH3 is 1. The summed E-state index contributed by atoms with van der Waals surface area (Å²) >= 11 is 0. The summed E-state index contributed by atoms with van der Waals surface area (Å²) in [6.07, 6.45) is 6.47. The van der Waals surface area contributed by atoms with E-state index in [0.717, 1.165) is 23.1 Å². The van der Waals surface area contributed by atoms with Crippen molar-refractivity contribution in [2.24, 2.45) is 0 Å². The third-order valence-electron chi connectivity index (χ3n) is 5.20. The first kappa shape index (κ1) is 27.1. The molecule has 35 heavy (non-hydrogen) atoms. The van der Waals surface area contributed by atoms with Crippen LogP contribution in [0.1, 0.15) is 51.3 Å². The molecule has 3 aromatic carbocycles. The Labute approximate surface area is 208 Å². The Morgan fingerprint density at radius 3 is 2.26 bits per heavy atom. The van der Waals surface area contributed by atoms with Crippen LogP contribution in [-0.4, -0.2) is 19.0 Å². The number of hydrogen-bond donors (Lipinski definition) is 1. The molecule has 1 N–H and O–H groups in total. The van der Waals surface area contributed by atoms with Gasteiger partial charge in [-0.1, -0.05) is 87.7 Å². The van der Waals surface area contributed by atoms with Crippen molar-refractivity contribution in [1.82, 2.24) is 0 Å². The van der Waals surface area contributed by atoms with Crippen LogP contribution in [0.2, 0.25) is 0 Å². The lowest BCUT2D eigenvalue weighted by atomic mass is 9.99. The van der Waals surface area contributed by atoms with Gasteiger partial charge in [0.15, 0.2) is 0 Å². The molecule has 0 aliphatic heterocycles. The van der Waals surface area contributed by atoms with Gasteiger partial charge in [0.25, 0.3) is 5.91 Å². The molecule has 4 heteroatoms. The Morgan fingerprint density at radius 2 is 1.60 bits per heavy atom. The van der Waals surface area contributed by atoms with Gasteiger partial charge in [0.2, 0.25) is 0 Å². The van der Waals surface area contributed by atoms with Gasteiger partial charge in [-0.05, 0) is 65.4 Å². The maximum Gasteiger partial charge on any atom is 0.337 e. The van der Waals surface area contributed by atoms with Crippen LogP contribution >= 0.6 is 0 Å². The van der Waals surface area contributed by atoms with Gasteiger partial charge < -0.3 is 10.1 Å². The number of nitrogens with one attached hydrogen (secondary N) is 1. The molecule has 0 aliphatic carbocycles. The van der Waals surface area contributed by atoms with Crippen LogP contribution in [0.15, 0.2) is 110 Å². The van der Waals surface area contributed by atoms with Gasteiger partial charge in [-0.25, -0.2) is 4.79 Å². The normalized spacial score (nSPS) is 10.4. The van der Waals surface area contributed by atoms with Crippen molar-refractivity contribution in [3.05, 3.63) is 138 Å².